The Morgan fingerprint density at radius 2 is 2.13 bits per heavy atom. The SMILES string of the molecule is [2H]C([2H])([2H])c1c(NC(=O)C2CC2)nnc(NC=O)c1Nc1cccc(-c2ncn(C)n2)c1OC. The summed E-state index contributed by atoms with van der Waals surface area (Å²) in [5.74, 6) is -0.120. The fraction of sp³-hybridized carbons (Fsp3) is 0.300. The number of carbonyl (C=O) groups is 2. The van der Waals surface area contributed by atoms with Crippen LogP contribution in [0.1, 0.15) is 22.5 Å². The van der Waals surface area contributed by atoms with Gasteiger partial charge >= 0.3 is 0 Å². The lowest BCUT2D eigenvalue weighted by molar-refractivity contribution is -0.117. The maximum absolute atomic E-state index is 12.3. The molecule has 3 aromatic rings. The molecule has 1 fully saturated rings. The summed E-state index contributed by atoms with van der Waals surface area (Å²) in [7, 11) is 3.18. The summed E-state index contributed by atoms with van der Waals surface area (Å²) in [6, 6.07) is 5.12. The molecule has 160 valence electrons. The van der Waals surface area contributed by atoms with Crippen molar-refractivity contribution in [2.24, 2.45) is 13.0 Å². The van der Waals surface area contributed by atoms with Crippen LogP contribution in [0.15, 0.2) is 24.5 Å². The minimum Gasteiger partial charge on any atom is -0.494 e. The van der Waals surface area contributed by atoms with E-state index < -0.39 is 6.85 Å². The summed E-state index contributed by atoms with van der Waals surface area (Å²) in [6.07, 6.45) is 3.34. The number of aromatic nitrogens is 5. The molecule has 2 amide bonds. The van der Waals surface area contributed by atoms with Gasteiger partial charge in [0.1, 0.15) is 6.33 Å². The fourth-order valence-corrected chi connectivity index (χ4v) is 3.00. The summed E-state index contributed by atoms with van der Waals surface area (Å²) >= 11 is 0. The molecule has 0 atom stereocenters. The highest BCUT2D eigenvalue weighted by Crippen LogP contribution is 2.39. The quantitative estimate of drug-likeness (QED) is 0.468. The largest absolute Gasteiger partial charge is 0.494 e. The molecule has 4 rings (SSSR count). The Bertz CT molecular complexity index is 1240. The minimum atomic E-state index is -2.71. The smallest absolute Gasteiger partial charge is 0.228 e. The molecule has 1 aliphatic carbocycles. The maximum Gasteiger partial charge on any atom is 0.228 e. The van der Waals surface area contributed by atoms with Crippen LogP contribution in [0.5, 0.6) is 5.75 Å². The van der Waals surface area contributed by atoms with E-state index in [4.69, 9.17) is 8.85 Å². The Morgan fingerprint density at radius 3 is 2.77 bits per heavy atom. The molecule has 0 aliphatic heterocycles. The second kappa shape index (κ2) is 8.38. The third-order valence-corrected chi connectivity index (χ3v) is 4.68. The first kappa shape index (κ1) is 16.7. The number of aryl methyl sites for hydroxylation is 1. The van der Waals surface area contributed by atoms with Crippen molar-refractivity contribution in [1.29, 1.82) is 0 Å². The van der Waals surface area contributed by atoms with E-state index in [0.717, 1.165) is 12.8 Å². The molecule has 2 heterocycles. The number of amides is 2. The molecule has 2 aromatic heterocycles. The molecule has 1 saturated carbocycles. The molecular weight excluding hydrogens is 400 g/mol. The molecule has 1 aliphatic rings. The first-order chi connectivity index (χ1) is 16.2. The highest BCUT2D eigenvalue weighted by molar-refractivity contribution is 5.96. The molecule has 0 saturated heterocycles. The van der Waals surface area contributed by atoms with Crippen molar-refractivity contribution >= 4 is 35.3 Å². The molecule has 1 aromatic carbocycles. The lowest BCUT2D eigenvalue weighted by Gasteiger charge is -2.18. The van der Waals surface area contributed by atoms with Gasteiger partial charge in [0, 0.05) is 22.6 Å². The molecule has 11 nitrogen and oxygen atoms in total. The standard InChI is InChI=1S/C20H22N8O3/c1-11-15(19(22-10-29)26-25-17(11)24-20(30)12-7-8-12)23-14-6-4-5-13(16(14)31-3)18-21-9-28(2)27-18/h4-6,9-10,12H,7-8H2,1-3H3,(H,22,26,29)(H2,23,24,25,30)/i1D3. The summed E-state index contributed by atoms with van der Waals surface area (Å²) in [6.45, 7) is -2.71. The molecule has 3 N–H and O–H groups in total. The highest BCUT2D eigenvalue weighted by atomic mass is 16.5. The Balaban J connectivity index is 1.84. The van der Waals surface area contributed by atoms with E-state index in [1.54, 1.807) is 25.2 Å². The minimum absolute atomic E-state index is 0.0578. The zero-order valence-electron chi connectivity index (χ0n) is 19.8. The molecule has 11 heteroatoms. The summed E-state index contributed by atoms with van der Waals surface area (Å²) in [4.78, 5) is 27.8. The van der Waals surface area contributed by atoms with Gasteiger partial charge in [0.05, 0.1) is 24.0 Å². The molecule has 0 radical (unpaired) electrons. The number of nitrogens with one attached hydrogen (secondary N) is 3. The highest BCUT2D eigenvalue weighted by Gasteiger charge is 2.30. The lowest BCUT2D eigenvalue weighted by Crippen LogP contribution is -2.17. The Morgan fingerprint density at radius 1 is 1.32 bits per heavy atom. The van der Waals surface area contributed by atoms with Gasteiger partial charge in [-0.25, -0.2) is 4.98 Å². The average molecular weight is 425 g/mol. The van der Waals surface area contributed by atoms with Gasteiger partial charge in [-0.2, -0.15) is 5.10 Å². The van der Waals surface area contributed by atoms with Gasteiger partial charge in [0.2, 0.25) is 12.3 Å². The third-order valence-electron chi connectivity index (χ3n) is 4.68. The number of hydrogen-bond acceptors (Lipinski definition) is 8. The number of benzene rings is 1. The normalized spacial score (nSPS) is 14.7. The van der Waals surface area contributed by atoms with Gasteiger partial charge < -0.3 is 20.7 Å². The van der Waals surface area contributed by atoms with Crippen molar-refractivity contribution in [2.75, 3.05) is 23.1 Å². The van der Waals surface area contributed by atoms with E-state index in [1.807, 2.05) is 0 Å². The average Bonchev–Trinajstić information content (AvgIpc) is 3.55. The first-order valence-corrected chi connectivity index (χ1v) is 9.45. The van der Waals surface area contributed by atoms with Crippen LogP contribution in [0.4, 0.5) is 23.0 Å². The number of rotatable bonds is 8. The van der Waals surface area contributed by atoms with Crippen molar-refractivity contribution in [1.82, 2.24) is 25.0 Å². The molecule has 31 heavy (non-hydrogen) atoms. The van der Waals surface area contributed by atoms with Crippen LogP contribution in [-0.2, 0) is 16.6 Å². The van der Waals surface area contributed by atoms with E-state index >= 15 is 0 Å². The van der Waals surface area contributed by atoms with Gasteiger partial charge in [-0.3, -0.25) is 14.3 Å². The number of para-hydroxylation sites is 1. The van der Waals surface area contributed by atoms with E-state index in [9.17, 15) is 9.59 Å². The number of nitrogens with zero attached hydrogens (tertiary/aromatic N) is 5. The molecular formula is C20H22N8O3. The summed E-state index contributed by atoms with van der Waals surface area (Å²) in [5, 5.41) is 20.0. The molecule has 0 unspecified atom stereocenters. The van der Waals surface area contributed by atoms with Crippen molar-refractivity contribution in [3.63, 3.8) is 0 Å². The van der Waals surface area contributed by atoms with Gasteiger partial charge in [0.25, 0.3) is 0 Å². The van der Waals surface area contributed by atoms with Gasteiger partial charge in [-0.05, 0) is 31.8 Å². The number of methoxy groups -OCH3 is 1. The van der Waals surface area contributed by atoms with E-state index in [-0.39, 0.29) is 34.7 Å². The van der Waals surface area contributed by atoms with Crippen LogP contribution >= 0.6 is 0 Å². The lowest BCUT2D eigenvalue weighted by atomic mass is 10.1. The van der Waals surface area contributed by atoms with Gasteiger partial charge in [0.15, 0.2) is 23.2 Å². The number of hydrogen-bond donors (Lipinski definition) is 3. The topological polar surface area (TPSA) is 136 Å². The Labute approximate surface area is 182 Å². The number of anilines is 4. The van der Waals surface area contributed by atoms with Crippen molar-refractivity contribution in [3.05, 3.63) is 30.1 Å². The van der Waals surface area contributed by atoms with Crippen molar-refractivity contribution in [3.8, 4) is 17.1 Å². The van der Waals surface area contributed by atoms with Gasteiger partial charge in [-0.15, -0.1) is 10.2 Å². The van der Waals surface area contributed by atoms with Gasteiger partial charge in [-0.1, -0.05) is 6.07 Å². The zero-order chi connectivity index (χ0) is 24.5. The van der Waals surface area contributed by atoms with E-state index in [2.05, 4.69) is 36.2 Å². The van der Waals surface area contributed by atoms with Crippen LogP contribution in [0.25, 0.3) is 11.4 Å². The first-order valence-electron chi connectivity index (χ1n) is 10.9. The van der Waals surface area contributed by atoms with E-state index in [0.29, 0.717) is 29.2 Å². The number of ether oxygens (including phenoxy) is 1. The summed E-state index contributed by atoms with van der Waals surface area (Å²) in [5.41, 5.74) is 0.555. The Kier molecular flexibility index (Phi) is 4.53. The predicted molar refractivity (Wildman–Crippen MR) is 114 cm³/mol. The second-order valence-corrected chi connectivity index (χ2v) is 6.93. The number of carbonyl (C=O) groups excluding carboxylic acids is 2. The van der Waals surface area contributed by atoms with E-state index in [1.165, 1.54) is 18.1 Å². The zero-order valence-corrected chi connectivity index (χ0v) is 16.8. The van der Waals surface area contributed by atoms with Crippen LogP contribution in [-0.4, -0.2) is 44.4 Å². The Hall–Kier alpha value is -4.02. The maximum atomic E-state index is 12.3. The van der Waals surface area contributed by atoms with Crippen molar-refractivity contribution < 1.29 is 18.4 Å². The van der Waals surface area contributed by atoms with Crippen LogP contribution in [0.3, 0.4) is 0 Å². The molecule has 0 bridgehead atoms. The van der Waals surface area contributed by atoms with Crippen LogP contribution in [0, 0.1) is 12.8 Å². The third kappa shape index (κ3) is 4.15. The second-order valence-electron chi connectivity index (χ2n) is 6.93. The van der Waals surface area contributed by atoms with Crippen LogP contribution in [0.2, 0.25) is 0 Å². The predicted octanol–water partition coefficient (Wildman–Crippen LogP) is 2.25. The molecule has 0 spiro atoms. The van der Waals surface area contributed by atoms with Crippen LogP contribution < -0.4 is 20.7 Å². The summed E-state index contributed by atoms with van der Waals surface area (Å²) < 4.78 is 31.4. The van der Waals surface area contributed by atoms with Crippen molar-refractivity contribution in [2.45, 2.75) is 19.7 Å². The monoisotopic (exact) mass is 425 g/mol. The fourth-order valence-electron chi connectivity index (χ4n) is 3.00.